The molecule has 136 valence electrons. The number of methoxy groups -OCH3 is 2. The molecule has 0 aliphatic carbocycles. The Bertz CT molecular complexity index is 798. The van der Waals surface area contributed by atoms with E-state index in [2.05, 4.69) is 16.3 Å². The average Bonchev–Trinajstić information content (AvgIpc) is 3.14. The minimum absolute atomic E-state index is 0.233. The lowest BCUT2D eigenvalue weighted by molar-refractivity contribution is 0.183. The summed E-state index contributed by atoms with van der Waals surface area (Å²) in [7, 11) is -0.507. The van der Waals surface area contributed by atoms with Crippen LogP contribution >= 0.6 is 11.3 Å². The normalized spacial score (nSPS) is 16.7. The molecule has 0 radical (unpaired) electrons. The minimum Gasteiger partial charge on any atom is -0.493 e. The molecule has 1 fully saturated rings. The maximum Gasteiger partial charge on any atom is 0.243 e. The van der Waals surface area contributed by atoms with Crippen LogP contribution in [0.1, 0.15) is 4.88 Å². The zero-order valence-corrected chi connectivity index (χ0v) is 16.0. The molecule has 0 spiro atoms. The van der Waals surface area contributed by atoms with Crippen molar-refractivity contribution in [2.24, 2.45) is 0 Å². The van der Waals surface area contributed by atoms with Gasteiger partial charge in [0.05, 0.1) is 19.1 Å². The van der Waals surface area contributed by atoms with Crippen molar-refractivity contribution in [3.63, 3.8) is 0 Å². The predicted molar refractivity (Wildman–Crippen MR) is 97.9 cm³/mol. The van der Waals surface area contributed by atoms with E-state index < -0.39 is 10.0 Å². The molecule has 1 aromatic heterocycles. The van der Waals surface area contributed by atoms with E-state index in [0.29, 0.717) is 24.6 Å². The maximum atomic E-state index is 12.9. The van der Waals surface area contributed by atoms with Gasteiger partial charge < -0.3 is 9.47 Å². The number of ether oxygens (including phenoxy) is 2. The van der Waals surface area contributed by atoms with Gasteiger partial charge in [-0.1, -0.05) is 6.07 Å². The van der Waals surface area contributed by atoms with Crippen LogP contribution in [0.3, 0.4) is 0 Å². The van der Waals surface area contributed by atoms with Gasteiger partial charge in [0.15, 0.2) is 11.5 Å². The van der Waals surface area contributed by atoms with E-state index in [1.807, 2.05) is 6.07 Å². The molecule has 8 heteroatoms. The molecule has 2 heterocycles. The number of rotatable bonds is 6. The first-order valence-electron chi connectivity index (χ1n) is 8.01. The van der Waals surface area contributed by atoms with Crippen molar-refractivity contribution in [3.05, 3.63) is 40.6 Å². The summed E-state index contributed by atoms with van der Waals surface area (Å²) < 4.78 is 37.7. The van der Waals surface area contributed by atoms with Crippen LogP contribution < -0.4 is 9.47 Å². The third-order valence-corrected chi connectivity index (χ3v) is 7.04. The van der Waals surface area contributed by atoms with E-state index in [-0.39, 0.29) is 4.90 Å². The van der Waals surface area contributed by atoms with Crippen LogP contribution in [0, 0.1) is 0 Å². The lowest BCUT2D eigenvalue weighted by Gasteiger charge is -2.33. The Kier molecular flexibility index (Phi) is 5.63. The Morgan fingerprint density at radius 1 is 1.04 bits per heavy atom. The predicted octanol–water partition coefficient (Wildman–Crippen LogP) is 2.27. The zero-order valence-electron chi connectivity index (χ0n) is 14.3. The van der Waals surface area contributed by atoms with Crippen molar-refractivity contribution in [2.45, 2.75) is 11.4 Å². The molecule has 1 aliphatic heterocycles. The number of hydrogen-bond acceptors (Lipinski definition) is 6. The highest BCUT2D eigenvalue weighted by atomic mass is 32.2. The average molecular weight is 383 g/mol. The molecule has 0 N–H and O–H groups in total. The number of nitrogens with zero attached hydrogens (tertiary/aromatic N) is 2. The van der Waals surface area contributed by atoms with Crippen LogP contribution in [-0.2, 0) is 16.6 Å². The molecule has 0 bridgehead atoms. The molecule has 1 aromatic carbocycles. The fraction of sp³-hybridized carbons (Fsp3) is 0.412. The van der Waals surface area contributed by atoms with E-state index >= 15 is 0 Å². The summed E-state index contributed by atoms with van der Waals surface area (Å²) in [5.41, 5.74) is 0. The molecule has 3 rings (SSSR count). The largest absolute Gasteiger partial charge is 0.493 e. The van der Waals surface area contributed by atoms with Crippen molar-refractivity contribution in [1.82, 2.24) is 9.21 Å². The fourth-order valence-electron chi connectivity index (χ4n) is 2.88. The molecule has 0 amide bonds. The molecular weight excluding hydrogens is 360 g/mol. The Hall–Kier alpha value is -1.61. The van der Waals surface area contributed by atoms with Crippen LogP contribution in [0.4, 0.5) is 0 Å². The van der Waals surface area contributed by atoms with Gasteiger partial charge in [-0.2, -0.15) is 4.31 Å². The summed E-state index contributed by atoms with van der Waals surface area (Å²) in [6.07, 6.45) is 0. The standard InChI is InChI=1S/C17H22N2O4S2/c1-22-16-6-5-15(12-17(16)23-2)25(20,21)19-9-7-18(8-10-19)13-14-4-3-11-24-14/h3-6,11-12H,7-10,13H2,1-2H3. The van der Waals surface area contributed by atoms with Crippen molar-refractivity contribution in [1.29, 1.82) is 0 Å². The van der Waals surface area contributed by atoms with Crippen LogP contribution in [0.5, 0.6) is 11.5 Å². The van der Waals surface area contributed by atoms with Gasteiger partial charge in [-0.25, -0.2) is 8.42 Å². The molecule has 25 heavy (non-hydrogen) atoms. The van der Waals surface area contributed by atoms with E-state index in [1.165, 1.54) is 25.2 Å². The Morgan fingerprint density at radius 3 is 2.36 bits per heavy atom. The Morgan fingerprint density at radius 2 is 1.76 bits per heavy atom. The van der Waals surface area contributed by atoms with Gasteiger partial charge in [-0.15, -0.1) is 11.3 Å². The maximum absolute atomic E-state index is 12.9. The van der Waals surface area contributed by atoms with Crippen LogP contribution in [0.15, 0.2) is 40.6 Å². The second kappa shape index (κ2) is 7.74. The molecule has 2 aromatic rings. The molecule has 0 saturated carbocycles. The first kappa shape index (κ1) is 18.2. The highest BCUT2D eigenvalue weighted by Crippen LogP contribution is 2.31. The minimum atomic E-state index is -3.53. The zero-order chi connectivity index (χ0) is 17.9. The fourth-order valence-corrected chi connectivity index (χ4v) is 5.06. The number of thiophene rings is 1. The lowest BCUT2D eigenvalue weighted by Crippen LogP contribution is -2.48. The van der Waals surface area contributed by atoms with Gasteiger partial charge in [0.2, 0.25) is 10.0 Å². The molecule has 1 aliphatic rings. The van der Waals surface area contributed by atoms with Crippen molar-refractivity contribution >= 4 is 21.4 Å². The Labute approximate surface area is 152 Å². The molecular formula is C17H22N2O4S2. The molecule has 6 nitrogen and oxygen atoms in total. The van der Waals surface area contributed by atoms with E-state index in [0.717, 1.165) is 19.6 Å². The second-order valence-corrected chi connectivity index (χ2v) is 8.75. The van der Waals surface area contributed by atoms with Gasteiger partial charge in [0.25, 0.3) is 0 Å². The molecule has 1 saturated heterocycles. The smallest absolute Gasteiger partial charge is 0.243 e. The van der Waals surface area contributed by atoms with E-state index in [4.69, 9.17) is 9.47 Å². The van der Waals surface area contributed by atoms with Crippen molar-refractivity contribution in [3.8, 4) is 11.5 Å². The third-order valence-electron chi connectivity index (χ3n) is 4.28. The summed E-state index contributed by atoms with van der Waals surface area (Å²) in [6.45, 7) is 3.31. The van der Waals surface area contributed by atoms with Gasteiger partial charge in [-0.3, -0.25) is 4.90 Å². The monoisotopic (exact) mass is 382 g/mol. The third kappa shape index (κ3) is 3.98. The van der Waals surface area contributed by atoms with Crippen LogP contribution in [0.2, 0.25) is 0 Å². The van der Waals surface area contributed by atoms with Gasteiger partial charge in [0, 0.05) is 43.7 Å². The number of benzene rings is 1. The summed E-state index contributed by atoms with van der Waals surface area (Å²) in [5.74, 6) is 0.933. The topological polar surface area (TPSA) is 59.1 Å². The van der Waals surface area contributed by atoms with Gasteiger partial charge in [0.1, 0.15) is 0 Å². The molecule has 0 unspecified atom stereocenters. The highest BCUT2D eigenvalue weighted by molar-refractivity contribution is 7.89. The summed E-state index contributed by atoms with van der Waals surface area (Å²) in [5, 5.41) is 2.06. The second-order valence-electron chi connectivity index (χ2n) is 5.78. The SMILES string of the molecule is COc1ccc(S(=O)(=O)N2CCN(Cc3cccs3)CC2)cc1OC. The summed E-state index contributed by atoms with van der Waals surface area (Å²) in [6, 6.07) is 8.86. The van der Waals surface area contributed by atoms with Gasteiger partial charge >= 0.3 is 0 Å². The lowest BCUT2D eigenvalue weighted by atomic mass is 10.3. The number of hydrogen-bond donors (Lipinski definition) is 0. The van der Waals surface area contributed by atoms with Crippen molar-refractivity contribution in [2.75, 3.05) is 40.4 Å². The number of sulfonamides is 1. The van der Waals surface area contributed by atoms with Gasteiger partial charge in [-0.05, 0) is 23.6 Å². The first-order valence-corrected chi connectivity index (χ1v) is 10.3. The van der Waals surface area contributed by atoms with Crippen molar-refractivity contribution < 1.29 is 17.9 Å². The summed E-state index contributed by atoms with van der Waals surface area (Å²) >= 11 is 1.73. The van der Waals surface area contributed by atoms with E-state index in [1.54, 1.807) is 27.8 Å². The van der Waals surface area contributed by atoms with Crippen LogP contribution in [-0.4, -0.2) is 58.0 Å². The number of piperazine rings is 1. The quantitative estimate of drug-likeness (QED) is 0.767. The van der Waals surface area contributed by atoms with Crippen LogP contribution in [0.25, 0.3) is 0 Å². The Balaban J connectivity index is 1.69. The highest BCUT2D eigenvalue weighted by Gasteiger charge is 2.29. The summed E-state index contributed by atoms with van der Waals surface area (Å²) in [4.78, 5) is 3.82. The molecule has 0 atom stereocenters. The first-order chi connectivity index (χ1) is 12.0. The van der Waals surface area contributed by atoms with E-state index in [9.17, 15) is 8.42 Å².